The first-order chi connectivity index (χ1) is 2.64. The Morgan fingerprint density at radius 2 is 1.00 bits per heavy atom. The molecule has 0 saturated carbocycles. The Bertz CT molecular complexity index is 81.7. The second-order valence-corrected chi connectivity index (χ2v) is 0.575. The number of carboxylic acid groups (broad SMARTS) is 2. The molecule has 0 aliphatic rings. The van der Waals surface area contributed by atoms with Crippen LogP contribution in [-0.4, -0.2) is 22.9 Å². The van der Waals surface area contributed by atoms with Gasteiger partial charge in [-0.1, -0.05) is 0 Å². The minimum absolute atomic E-state index is 0. The largest absolute Gasteiger partial charge is 2.00 e. The van der Waals surface area contributed by atoms with Crippen LogP contribution in [0.15, 0.2) is 0 Å². The van der Waals surface area contributed by atoms with E-state index >= 15 is 0 Å². The van der Waals surface area contributed by atoms with Gasteiger partial charge in [-0.25, -0.2) is 0 Å². The maximum atomic E-state index is 8.93. The summed E-state index contributed by atoms with van der Waals surface area (Å²) >= 11 is 0. The molecule has 0 radical (unpaired) electrons. The van der Waals surface area contributed by atoms with Gasteiger partial charge in [0.25, 0.3) is 0 Å². The smallest absolute Gasteiger partial charge is 0.543 e. The van der Waals surface area contributed by atoms with Gasteiger partial charge in [-0.2, -0.15) is 0 Å². The number of carbonyl (C=O) groups excluding carboxylic acids is 2. The topological polar surface area (TPSA) is 180 Å². The first-order valence-electron chi connectivity index (χ1n) is 1.07. The van der Waals surface area contributed by atoms with Gasteiger partial charge in [0.05, 0.1) is 11.9 Å². The van der Waals surface area contributed by atoms with E-state index in [1.54, 1.807) is 0 Å². The zero-order chi connectivity index (χ0) is 5.15. The fourth-order valence-corrected chi connectivity index (χ4v) is 0. The predicted molar refractivity (Wildman–Crippen MR) is 23.2 cm³/mol. The summed E-state index contributed by atoms with van der Waals surface area (Å²) in [5.41, 5.74) is 0. The second-order valence-electron chi connectivity index (χ2n) is 0.575. The number of hydrogen-bond donors (Lipinski definition) is 1. The fourth-order valence-electron chi connectivity index (χ4n) is 0. The zero-order valence-corrected chi connectivity index (χ0v) is 6.69. The number of carboxylic acids is 2. The van der Waals surface area contributed by atoms with E-state index in [1.165, 1.54) is 0 Å². The molecular weight excluding hydrogens is 182 g/mol. The molecule has 0 spiro atoms. The molecule has 7 nitrogen and oxygen atoms in total. The molecule has 0 amide bonds. The van der Waals surface area contributed by atoms with Crippen LogP contribution >= 0.6 is 0 Å². The molecule has 8 N–H and O–H groups in total. The van der Waals surface area contributed by atoms with E-state index in [2.05, 4.69) is 0 Å². The van der Waals surface area contributed by atoms with Gasteiger partial charge in [-0.15, -0.1) is 0 Å². The third-order valence-electron chi connectivity index (χ3n) is 0.167. The van der Waals surface area contributed by atoms with Crippen molar-refractivity contribution < 1.29 is 52.5 Å². The summed E-state index contributed by atoms with van der Waals surface area (Å²) in [5, 5.41) is 17.9. The number of hydrogen-bond acceptors (Lipinski definition) is 4. The molecule has 0 aromatic carbocycles. The summed E-state index contributed by atoms with van der Waals surface area (Å²) in [6, 6.07) is 0. The molecule has 0 rings (SSSR count). The molecule has 0 bridgehead atoms. The summed E-state index contributed by atoms with van der Waals surface area (Å²) in [5.74, 6) is -4.37. The van der Waals surface area contributed by atoms with Gasteiger partial charge in [-0.3, -0.25) is 0 Å². The molecule has 0 aliphatic heterocycles. The van der Waals surface area contributed by atoms with Crippen molar-refractivity contribution in [3.8, 4) is 0 Å². The SMILES string of the molecule is O.O.O=C([O-])C(=O)[O-].[NH4+].[Ti+2]. The van der Waals surface area contributed by atoms with Gasteiger partial charge in [0.1, 0.15) is 0 Å². The van der Waals surface area contributed by atoms with Crippen LogP contribution in [0, 0.1) is 0 Å². The third-order valence-corrected chi connectivity index (χ3v) is 0.167. The van der Waals surface area contributed by atoms with Crippen LogP contribution in [0.1, 0.15) is 0 Å². The molecule has 10 heavy (non-hydrogen) atoms. The maximum absolute atomic E-state index is 8.93. The molecule has 8 heteroatoms. The number of rotatable bonds is 0. The third kappa shape index (κ3) is 25.8. The predicted octanol–water partition coefficient (Wildman–Crippen LogP) is -4.79. The van der Waals surface area contributed by atoms with E-state index in [-0.39, 0.29) is 38.8 Å². The average molecular weight is 190 g/mol. The molecule has 0 fully saturated rings. The van der Waals surface area contributed by atoms with Gasteiger partial charge in [0.15, 0.2) is 0 Å². The minimum Gasteiger partial charge on any atom is -0.543 e. The minimum atomic E-state index is -2.19. The van der Waals surface area contributed by atoms with Crippen LogP contribution < -0.4 is 16.4 Å². The van der Waals surface area contributed by atoms with Crippen LogP contribution in [0.3, 0.4) is 0 Å². The number of carbonyl (C=O) groups is 2. The van der Waals surface area contributed by atoms with Crippen molar-refractivity contribution in [2.24, 2.45) is 0 Å². The first kappa shape index (κ1) is 33.8. The Kier molecular flexibility index (Phi) is 53.4. The van der Waals surface area contributed by atoms with Crippen molar-refractivity contribution in [2.75, 3.05) is 0 Å². The summed E-state index contributed by atoms with van der Waals surface area (Å²) < 4.78 is 0. The van der Waals surface area contributed by atoms with Crippen LogP contribution in [-0.2, 0) is 31.3 Å². The van der Waals surface area contributed by atoms with E-state index in [4.69, 9.17) is 19.8 Å². The molecular formula is C2H8NO6Ti+. The summed E-state index contributed by atoms with van der Waals surface area (Å²) in [6.07, 6.45) is 0. The van der Waals surface area contributed by atoms with E-state index in [1.807, 2.05) is 0 Å². The Morgan fingerprint density at radius 1 is 0.900 bits per heavy atom. The monoisotopic (exact) mass is 190 g/mol. The second kappa shape index (κ2) is 15.8. The number of quaternary nitrogens is 1. The van der Waals surface area contributed by atoms with Gasteiger partial charge in [-0.05, 0) is 0 Å². The van der Waals surface area contributed by atoms with Gasteiger partial charge < -0.3 is 36.9 Å². The standard InChI is InChI=1S/C2H2O4.H3N.2H2O.Ti/c3-1(4)2(5)6;;;;/h(H,3,4)(H,5,6);1H3;2*1H2;/q;;;;+2/p-1. The molecule has 0 aromatic heterocycles. The van der Waals surface area contributed by atoms with Crippen LogP contribution in [0.4, 0.5) is 0 Å². The van der Waals surface area contributed by atoms with Gasteiger partial charge in [0, 0.05) is 0 Å². The molecule has 0 aromatic rings. The fraction of sp³-hybridized carbons (Fsp3) is 0. The van der Waals surface area contributed by atoms with Gasteiger partial charge >= 0.3 is 21.7 Å². The van der Waals surface area contributed by atoms with Crippen molar-refractivity contribution in [2.45, 2.75) is 0 Å². The first-order valence-corrected chi connectivity index (χ1v) is 1.07. The summed E-state index contributed by atoms with van der Waals surface area (Å²) in [7, 11) is 0. The van der Waals surface area contributed by atoms with E-state index < -0.39 is 11.9 Å². The van der Waals surface area contributed by atoms with Crippen LogP contribution in [0.5, 0.6) is 0 Å². The Hall–Kier alpha value is -0.466. The Morgan fingerprint density at radius 3 is 1.00 bits per heavy atom. The normalized spacial score (nSPS) is 4.40. The van der Waals surface area contributed by atoms with E-state index in [0.717, 1.165) is 0 Å². The quantitative estimate of drug-likeness (QED) is 0.297. The van der Waals surface area contributed by atoms with Crippen molar-refractivity contribution in [3.63, 3.8) is 0 Å². The van der Waals surface area contributed by atoms with Crippen molar-refractivity contribution >= 4 is 11.9 Å². The summed E-state index contributed by atoms with van der Waals surface area (Å²) in [6.45, 7) is 0. The van der Waals surface area contributed by atoms with Crippen molar-refractivity contribution in [1.29, 1.82) is 0 Å². The van der Waals surface area contributed by atoms with Crippen LogP contribution in [0.25, 0.3) is 0 Å². The van der Waals surface area contributed by atoms with Gasteiger partial charge in [0.2, 0.25) is 0 Å². The molecule has 0 heterocycles. The molecule has 0 atom stereocenters. The zero-order valence-electron chi connectivity index (χ0n) is 5.13. The van der Waals surface area contributed by atoms with E-state index in [9.17, 15) is 0 Å². The number of aliphatic carboxylic acids is 2. The maximum Gasteiger partial charge on any atom is 2.00 e. The molecule has 0 aliphatic carbocycles. The Labute approximate surface area is 71.1 Å². The van der Waals surface area contributed by atoms with Crippen molar-refractivity contribution in [1.82, 2.24) is 6.15 Å². The summed E-state index contributed by atoms with van der Waals surface area (Å²) in [4.78, 5) is 17.9. The van der Waals surface area contributed by atoms with E-state index in [0.29, 0.717) is 0 Å². The molecule has 0 unspecified atom stereocenters. The Balaban J connectivity index is -0.0000000208. The average Bonchev–Trinajstić information content (AvgIpc) is 1.36. The van der Waals surface area contributed by atoms with Crippen molar-refractivity contribution in [3.05, 3.63) is 0 Å². The van der Waals surface area contributed by atoms with Crippen LogP contribution in [0.2, 0.25) is 0 Å². The molecule has 60 valence electrons. The molecule has 0 saturated heterocycles.